The summed E-state index contributed by atoms with van der Waals surface area (Å²) in [4.78, 5) is 21.2. The molecule has 0 heterocycles. The van der Waals surface area contributed by atoms with Crippen LogP contribution in [0.3, 0.4) is 0 Å². The normalized spacial score (nSPS) is 11.1. The van der Waals surface area contributed by atoms with Crippen LogP contribution in [0.1, 0.15) is 57.2 Å². The van der Waals surface area contributed by atoms with Crippen LogP contribution in [0.5, 0.6) is 11.5 Å². The number of carbonyl (C=O) groups excluding carboxylic acids is 2. The number of benzene rings is 1. The minimum atomic E-state index is -1.31. The van der Waals surface area contributed by atoms with Crippen molar-refractivity contribution >= 4 is 58.2 Å². The summed E-state index contributed by atoms with van der Waals surface area (Å²) in [6, 6.07) is 5.02. The first-order chi connectivity index (χ1) is 14.3. The fourth-order valence-electron chi connectivity index (χ4n) is 2.66. The van der Waals surface area contributed by atoms with E-state index in [2.05, 4.69) is 17.6 Å². The average Bonchev–Trinajstić information content (AvgIpc) is 2.72. The highest BCUT2D eigenvalue weighted by Gasteiger charge is 2.24. The number of rotatable bonds is 14. The Kier molecular flexibility index (Phi) is 13.3. The van der Waals surface area contributed by atoms with E-state index in [1.807, 2.05) is 0 Å². The Morgan fingerprint density at radius 3 is 2.00 bits per heavy atom. The van der Waals surface area contributed by atoms with E-state index in [1.165, 1.54) is 32.8 Å². The Bertz CT molecular complexity index is 652. The molecule has 6 nitrogen and oxygen atoms in total. The Hall–Kier alpha value is -1.08. The Balaban J connectivity index is 2.83. The number of unbranched alkanes of at least 4 members (excludes halogenated alkanes) is 5. The van der Waals surface area contributed by atoms with Crippen molar-refractivity contribution in [3.8, 4) is 11.5 Å². The minimum absolute atomic E-state index is 0.452. The van der Waals surface area contributed by atoms with Crippen molar-refractivity contribution in [1.29, 1.82) is 0 Å². The highest BCUT2D eigenvalue weighted by atomic mass is 35.5. The summed E-state index contributed by atoms with van der Waals surface area (Å²) < 4.78 is 11.2. The summed E-state index contributed by atoms with van der Waals surface area (Å²) in [5.41, 5.74) is 0.503. The summed E-state index contributed by atoms with van der Waals surface area (Å²) in [6.07, 6.45) is 6.00. The molecule has 0 atom stereocenters. The van der Waals surface area contributed by atoms with Crippen molar-refractivity contribution in [1.82, 2.24) is 10.6 Å². The van der Waals surface area contributed by atoms with Gasteiger partial charge >= 0.3 is 0 Å². The van der Waals surface area contributed by atoms with Gasteiger partial charge in [-0.05, 0) is 24.1 Å². The summed E-state index contributed by atoms with van der Waals surface area (Å²) in [6.45, 7) is 2.76. The van der Waals surface area contributed by atoms with Crippen LogP contribution in [-0.4, -0.2) is 35.2 Å². The molecular weight excluding hydrogens is 474 g/mol. The van der Waals surface area contributed by atoms with Crippen LogP contribution < -0.4 is 20.1 Å². The third-order valence-corrected chi connectivity index (χ3v) is 5.04. The van der Waals surface area contributed by atoms with Crippen molar-refractivity contribution < 1.29 is 19.1 Å². The van der Waals surface area contributed by atoms with E-state index < -0.39 is 27.7 Å². The van der Waals surface area contributed by atoms with E-state index in [-0.39, 0.29) is 0 Å². The van der Waals surface area contributed by atoms with Gasteiger partial charge in [0.05, 0.1) is 13.7 Å². The fraction of sp³-hybridized carbons (Fsp3) is 0.600. The first-order valence-electron chi connectivity index (χ1n) is 9.77. The molecule has 0 bridgehead atoms. The number of ether oxygens (including phenoxy) is 2. The molecule has 0 radical (unpaired) electrons. The van der Waals surface area contributed by atoms with Gasteiger partial charge in [-0.3, -0.25) is 9.59 Å². The molecule has 0 aromatic heterocycles. The molecule has 0 aliphatic rings. The first kappa shape index (κ1) is 27.0. The van der Waals surface area contributed by atoms with E-state index in [9.17, 15) is 9.59 Å². The molecule has 0 unspecified atom stereocenters. The van der Waals surface area contributed by atoms with Crippen molar-refractivity contribution in [2.24, 2.45) is 0 Å². The zero-order valence-corrected chi connectivity index (χ0v) is 20.1. The Morgan fingerprint density at radius 1 is 0.900 bits per heavy atom. The molecule has 2 amide bonds. The lowest BCUT2D eigenvalue weighted by molar-refractivity contribution is -0.122. The lowest BCUT2D eigenvalue weighted by Gasteiger charge is -2.22. The van der Waals surface area contributed by atoms with Gasteiger partial charge in [-0.25, -0.2) is 0 Å². The van der Waals surface area contributed by atoms with E-state index in [0.717, 1.165) is 12.8 Å². The molecule has 0 saturated heterocycles. The maximum atomic E-state index is 11.9. The van der Waals surface area contributed by atoms with E-state index in [4.69, 9.17) is 55.9 Å². The molecule has 1 aromatic carbocycles. The molecule has 0 aliphatic carbocycles. The molecule has 2 N–H and O–H groups in total. The number of methoxy groups -OCH3 is 1. The quantitative estimate of drug-likeness (QED) is 0.207. The maximum absolute atomic E-state index is 11.9. The second-order valence-corrected chi connectivity index (χ2v) is 8.77. The van der Waals surface area contributed by atoms with Gasteiger partial charge in [-0.15, -0.1) is 0 Å². The van der Waals surface area contributed by atoms with Gasteiger partial charge in [0.2, 0.25) is 0 Å². The SMILES string of the molecule is CCCCCCCCOc1ccc(C(NC(=O)C(Cl)Cl)NC(=O)C(Cl)Cl)cc1OC. The van der Waals surface area contributed by atoms with Crippen LogP contribution in [0.4, 0.5) is 0 Å². The molecular formula is C20H28Cl4N2O4. The lowest BCUT2D eigenvalue weighted by Crippen LogP contribution is -2.44. The van der Waals surface area contributed by atoms with E-state index in [1.54, 1.807) is 18.2 Å². The van der Waals surface area contributed by atoms with Crippen molar-refractivity contribution in [3.05, 3.63) is 23.8 Å². The number of halogens is 4. The van der Waals surface area contributed by atoms with Crippen LogP contribution in [0, 0.1) is 0 Å². The maximum Gasteiger partial charge on any atom is 0.255 e. The summed E-state index contributed by atoms with van der Waals surface area (Å²) >= 11 is 22.4. The largest absolute Gasteiger partial charge is 0.493 e. The molecule has 0 aliphatic heterocycles. The van der Waals surface area contributed by atoms with Gasteiger partial charge in [0.15, 0.2) is 21.2 Å². The summed E-state index contributed by atoms with van der Waals surface area (Å²) in [7, 11) is 1.50. The number of carbonyl (C=O) groups is 2. The smallest absolute Gasteiger partial charge is 0.255 e. The first-order valence-corrected chi connectivity index (χ1v) is 11.5. The second kappa shape index (κ2) is 14.8. The number of alkyl halides is 4. The van der Waals surface area contributed by atoms with Crippen molar-refractivity contribution in [2.45, 2.75) is 61.3 Å². The monoisotopic (exact) mass is 500 g/mol. The molecule has 170 valence electrons. The highest BCUT2D eigenvalue weighted by Crippen LogP contribution is 2.30. The molecule has 10 heteroatoms. The molecule has 0 saturated carbocycles. The second-order valence-electron chi connectivity index (χ2n) is 6.58. The molecule has 30 heavy (non-hydrogen) atoms. The number of hydrogen-bond acceptors (Lipinski definition) is 4. The lowest BCUT2D eigenvalue weighted by atomic mass is 10.1. The third-order valence-electron chi connectivity index (χ3n) is 4.25. The standard InChI is InChI=1S/C20H28Cl4N2O4/c1-3-4-5-6-7-8-11-30-14-10-9-13(12-15(14)29-2)18(25-19(27)16(21)22)26-20(28)17(23)24/h9-10,12,16-18H,3-8,11H2,1-2H3,(H,25,27)(H,26,28). The van der Waals surface area contributed by atoms with E-state index >= 15 is 0 Å². The number of amides is 2. The van der Waals surface area contributed by atoms with Crippen LogP contribution >= 0.6 is 46.4 Å². The Labute approximate surface area is 197 Å². The van der Waals surface area contributed by atoms with Crippen LogP contribution in [0.25, 0.3) is 0 Å². The number of nitrogens with one attached hydrogen (secondary N) is 2. The van der Waals surface area contributed by atoms with Gasteiger partial charge in [0.25, 0.3) is 11.8 Å². The topological polar surface area (TPSA) is 76.7 Å². The molecule has 1 aromatic rings. The highest BCUT2D eigenvalue weighted by molar-refractivity contribution is 6.54. The van der Waals surface area contributed by atoms with E-state index in [0.29, 0.717) is 23.7 Å². The van der Waals surface area contributed by atoms with Crippen molar-refractivity contribution in [3.63, 3.8) is 0 Å². The predicted octanol–water partition coefficient (Wildman–Crippen LogP) is 5.27. The van der Waals surface area contributed by atoms with Crippen LogP contribution in [-0.2, 0) is 9.59 Å². The van der Waals surface area contributed by atoms with Gasteiger partial charge in [0, 0.05) is 0 Å². The van der Waals surface area contributed by atoms with Gasteiger partial charge in [-0.1, -0.05) is 91.5 Å². The van der Waals surface area contributed by atoms with Gasteiger partial charge in [0.1, 0.15) is 6.17 Å². The number of hydrogen-bond donors (Lipinski definition) is 2. The zero-order chi connectivity index (χ0) is 22.5. The Morgan fingerprint density at radius 2 is 1.47 bits per heavy atom. The predicted molar refractivity (Wildman–Crippen MR) is 122 cm³/mol. The minimum Gasteiger partial charge on any atom is -0.493 e. The van der Waals surface area contributed by atoms with Crippen LogP contribution in [0.15, 0.2) is 18.2 Å². The molecule has 0 fully saturated rings. The van der Waals surface area contributed by atoms with Crippen molar-refractivity contribution in [2.75, 3.05) is 13.7 Å². The summed E-state index contributed by atoms with van der Waals surface area (Å²) in [5.74, 6) is -0.363. The zero-order valence-electron chi connectivity index (χ0n) is 17.1. The fourth-order valence-corrected chi connectivity index (χ4v) is 2.91. The molecule has 1 rings (SSSR count). The van der Waals surface area contributed by atoms with Gasteiger partial charge in [-0.2, -0.15) is 0 Å². The van der Waals surface area contributed by atoms with Gasteiger partial charge < -0.3 is 20.1 Å². The van der Waals surface area contributed by atoms with Crippen LogP contribution in [0.2, 0.25) is 0 Å². The molecule has 0 spiro atoms. The third kappa shape index (κ3) is 9.82. The summed E-state index contributed by atoms with van der Waals surface area (Å²) in [5, 5.41) is 5.03. The average molecular weight is 502 g/mol.